The molecule has 3 nitrogen and oxygen atoms in total. The summed E-state index contributed by atoms with van der Waals surface area (Å²) in [5.41, 5.74) is 5.42. The summed E-state index contributed by atoms with van der Waals surface area (Å²) < 4.78 is 0. The van der Waals surface area contributed by atoms with Crippen LogP contribution in [0.5, 0.6) is 0 Å². The molecule has 204 valence electrons. The van der Waals surface area contributed by atoms with Crippen LogP contribution < -0.4 is 0 Å². The van der Waals surface area contributed by atoms with Crippen LogP contribution in [-0.2, 0) is 0 Å². The Labute approximate surface area is 254 Å². The molecule has 1 heterocycles. The highest BCUT2D eigenvalue weighted by Gasteiger charge is 2.18. The summed E-state index contributed by atoms with van der Waals surface area (Å²) in [7, 11) is 0. The van der Waals surface area contributed by atoms with Crippen molar-refractivity contribution in [1.82, 2.24) is 15.0 Å². The average molecular weight is 560 g/mol. The quantitative estimate of drug-likeness (QED) is 0.201. The minimum absolute atomic E-state index is 0.665. The number of hydrogen-bond acceptors (Lipinski definition) is 3. The lowest BCUT2D eigenvalue weighted by molar-refractivity contribution is 1.08. The monoisotopic (exact) mass is 559 g/mol. The summed E-state index contributed by atoms with van der Waals surface area (Å²) in [6, 6.07) is 53.4. The van der Waals surface area contributed by atoms with Gasteiger partial charge in [-0.2, -0.15) is 0 Å². The zero-order valence-corrected chi connectivity index (χ0v) is 23.8. The number of fused-ring (bicyclic) bond motifs is 1. The smallest absolute Gasteiger partial charge is 0.164 e. The van der Waals surface area contributed by atoms with Crippen molar-refractivity contribution in [1.29, 1.82) is 0 Å². The maximum atomic E-state index is 5.06. The molecule has 8 aromatic carbocycles. The number of benzene rings is 8. The lowest BCUT2D eigenvalue weighted by Crippen LogP contribution is -2.00. The molecule has 0 unspecified atom stereocenters. The van der Waals surface area contributed by atoms with Crippen molar-refractivity contribution in [2.24, 2.45) is 0 Å². The fraction of sp³-hybridized carbons (Fsp3) is 0. The normalized spacial score (nSPS) is 11.6. The fourth-order valence-corrected chi connectivity index (χ4v) is 6.62. The van der Waals surface area contributed by atoms with E-state index in [1.165, 1.54) is 48.8 Å². The molecule has 0 aliphatic carbocycles. The number of aromatic nitrogens is 3. The van der Waals surface area contributed by atoms with E-state index in [1.54, 1.807) is 0 Å². The molecule has 0 bridgehead atoms. The van der Waals surface area contributed by atoms with Crippen molar-refractivity contribution >= 4 is 43.1 Å². The summed E-state index contributed by atoms with van der Waals surface area (Å²) >= 11 is 0. The third-order valence-electron chi connectivity index (χ3n) is 8.68. The lowest BCUT2D eigenvalue weighted by Gasteiger charge is -2.17. The van der Waals surface area contributed by atoms with Crippen molar-refractivity contribution in [2.75, 3.05) is 0 Å². The van der Waals surface area contributed by atoms with Crippen LogP contribution in [0.15, 0.2) is 152 Å². The third-order valence-corrected chi connectivity index (χ3v) is 8.68. The highest BCUT2D eigenvalue weighted by atomic mass is 15.0. The molecule has 0 radical (unpaired) electrons. The summed E-state index contributed by atoms with van der Waals surface area (Å²) in [5, 5.41) is 9.84. The van der Waals surface area contributed by atoms with Gasteiger partial charge in [0.25, 0.3) is 0 Å². The predicted octanol–water partition coefficient (Wildman–Crippen LogP) is 10.6. The molecule has 0 aliphatic heterocycles. The average Bonchev–Trinajstić information content (AvgIpc) is 3.11. The van der Waals surface area contributed by atoms with Crippen molar-refractivity contribution in [3.8, 4) is 45.3 Å². The SMILES string of the molecule is c1ccc(-c2nc(-c3ccccc3)nc(-c3ccc4ccc5c(-c6cccc7ccccc67)ccc6ccc3c4c65)n2)cc1. The Morgan fingerprint density at radius 2 is 0.750 bits per heavy atom. The molecule has 1 aromatic heterocycles. The zero-order chi connectivity index (χ0) is 29.0. The zero-order valence-electron chi connectivity index (χ0n) is 23.8. The van der Waals surface area contributed by atoms with Crippen LogP contribution in [0.2, 0.25) is 0 Å². The van der Waals surface area contributed by atoms with Crippen LogP contribution >= 0.6 is 0 Å². The summed E-state index contributed by atoms with van der Waals surface area (Å²) in [4.78, 5) is 15.0. The van der Waals surface area contributed by atoms with E-state index in [0.29, 0.717) is 17.5 Å². The Kier molecular flexibility index (Phi) is 5.50. The van der Waals surface area contributed by atoms with Crippen molar-refractivity contribution < 1.29 is 0 Å². The van der Waals surface area contributed by atoms with Gasteiger partial charge in [0, 0.05) is 16.7 Å². The van der Waals surface area contributed by atoms with E-state index in [0.717, 1.165) is 22.1 Å². The minimum atomic E-state index is 0.665. The molecule has 9 rings (SSSR count). The van der Waals surface area contributed by atoms with Crippen LogP contribution in [0.25, 0.3) is 88.4 Å². The molecule has 44 heavy (non-hydrogen) atoms. The van der Waals surface area contributed by atoms with Gasteiger partial charge in [-0.3, -0.25) is 0 Å². The van der Waals surface area contributed by atoms with Crippen LogP contribution in [0, 0.1) is 0 Å². The Hall–Kier alpha value is -5.93. The van der Waals surface area contributed by atoms with E-state index in [-0.39, 0.29) is 0 Å². The lowest BCUT2D eigenvalue weighted by atomic mass is 9.87. The van der Waals surface area contributed by atoms with Crippen LogP contribution in [0.1, 0.15) is 0 Å². The van der Waals surface area contributed by atoms with Gasteiger partial charge in [-0.15, -0.1) is 0 Å². The van der Waals surface area contributed by atoms with Gasteiger partial charge < -0.3 is 0 Å². The number of hydrogen-bond donors (Lipinski definition) is 0. The van der Waals surface area contributed by atoms with Gasteiger partial charge in [-0.1, -0.05) is 146 Å². The van der Waals surface area contributed by atoms with Crippen molar-refractivity contribution in [3.05, 3.63) is 152 Å². The van der Waals surface area contributed by atoms with Gasteiger partial charge in [0.2, 0.25) is 0 Å². The molecular weight excluding hydrogens is 534 g/mol. The van der Waals surface area contributed by atoms with Gasteiger partial charge in [-0.25, -0.2) is 15.0 Å². The maximum Gasteiger partial charge on any atom is 0.164 e. The molecule has 0 aliphatic rings. The Balaban J connectivity index is 1.32. The van der Waals surface area contributed by atoms with Gasteiger partial charge in [0.1, 0.15) is 0 Å². The first-order valence-corrected chi connectivity index (χ1v) is 14.9. The van der Waals surface area contributed by atoms with E-state index >= 15 is 0 Å². The molecule has 0 saturated carbocycles. The van der Waals surface area contributed by atoms with E-state index in [2.05, 4.69) is 91.0 Å². The first-order chi connectivity index (χ1) is 21.8. The molecule has 0 saturated heterocycles. The molecule has 9 aromatic rings. The van der Waals surface area contributed by atoms with E-state index in [1.807, 2.05) is 60.7 Å². The van der Waals surface area contributed by atoms with Crippen molar-refractivity contribution in [2.45, 2.75) is 0 Å². The molecule has 0 fully saturated rings. The minimum Gasteiger partial charge on any atom is -0.208 e. The summed E-state index contributed by atoms with van der Waals surface area (Å²) in [5.74, 6) is 2.00. The second kappa shape index (κ2) is 9.82. The van der Waals surface area contributed by atoms with Gasteiger partial charge in [0.05, 0.1) is 0 Å². The molecule has 3 heteroatoms. The molecule has 0 atom stereocenters. The largest absolute Gasteiger partial charge is 0.208 e. The Morgan fingerprint density at radius 1 is 0.273 bits per heavy atom. The predicted molar refractivity (Wildman–Crippen MR) is 183 cm³/mol. The molecule has 0 N–H and O–H groups in total. The van der Waals surface area contributed by atoms with Crippen LogP contribution in [0.3, 0.4) is 0 Å². The Bertz CT molecular complexity index is 2420. The maximum absolute atomic E-state index is 5.06. The van der Waals surface area contributed by atoms with Gasteiger partial charge in [0.15, 0.2) is 17.5 Å². The van der Waals surface area contributed by atoms with Crippen LogP contribution in [-0.4, -0.2) is 15.0 Å². The molecule has 0 spiro atoms. The van der Waals surface area contributed by atoms with Crippen LogP contribution in [0.4, 0.5) is 0 Å². The van der Waals surface area contributed by atoms with E-state index < -0.39 is 0 Å². The van der Waals surface area contributed by atoms with E-state index in [4.69, 9.17) is 15.0 Å². The third kappa shape index (κ3) is 3.87. The second-order valence-electron chi connectivity index (χ2n) is 11.2. The number of nitrogens with zero attached hydrogens (tertiary/aromatic N) is 3. The summed E-state index contributed by atoms with van der Waals surface area (Å²) in [6.07, 6.45) is 0. The fourth-order valence-electron chi connectivity index (χ4n) is 6.62. The first kappa shape index (κ1) is 24.6. The van der Waals surface area contributed by atoms with Gasteiger partial charge >= 0.3 is 0 Å². The highest BCUT2D eigenvalue weighted by Crippen LogP contribution is 2.43. The highest BCUT2D eigenvalue weighted by molar-refractivity contribution is 6.28. The Morgan fingerprint density at radius 3 is 1.41 bits per heavy atom. The topological polar surface area (TPSA) is 38.7 Å². The molecular formula is C41H25N3. The van der Waals surface area contributed by atoms with Gasteiger partial charge in [-0.05, 0) is 60.3 Å². The number of rotatable bonds is 4. The van der Waals surface area contributed by atoms with Crippen molar-refractivity contribution in [3.63, 3.8) is 0 Å². The first-order valence-electron chi connectivity index (χ1n) is 14.9. The second-order valence-corrected chi connectivity index (χ2v) is 11.2. The van der Waals surface area contributed by atoms with E-state index in [9.17, 15) is 0 Å². The molecule has 0 amide bonds. The standard InChI is InChI=1S/C41H25N3/c1-3-11-29(12-4-1)39-42-40(30-13-5-2-6-14-30)44-41(43-39)36-25-21-28-19-23-34-33(22-18-27-20-24-35(36)38(28)37(27)34)32-17-9-15-26-10-7-8-16-31(26)32/h1-25H. The summed E-state index contributed by atoms with van der Waals surface area (Å²) in [6.45, 7) is 0.